The number of nitrogens with one attached hydrogen (secondary N) is 2. The maximum atomic E-state index is 14.4. The average Bonchev–Trinajstić information content (AvgIpc) is 2.75. The highest BCUT2D eigenvalue weighted by molar-refractivity contribution is 9.10. The Bertz CT molecular complexity index is 1160. The molecule has 0 saturated heterocycles. The number of nitro groups is 1. The minimum absolute atomic E-state index is 0.157. The quantitative estimate of drug-likeness (QED) is 0.142. The second-order valence-corrected chi connectivity index (χ2v) is 7.63. The molecule has 11 nitrogen and oxygen atoms in total. The van der Waals surface area contributed by atoms with E-state index in [0.717, 1.165) is 24.3 Å². The van der Waals surface area contributed by atoms with Crippen LogP contribution in [0.2, 0.25) is 0 Å². The van der Waals surface area contributed by atoms with Crippen LogP contribution in [0.1, 0.15) is 20.7 Å². The van der Waals surface area contributed by atoms with Crippen LogP contribution in [0.25, 0.3) is 0 Å². The third kappa shape index (κ3) is 5.75. The number of rotatable bonds is 11. The van der Waals surface area contributed by atoms with Crippen molar-refractivity contribution in [2.24, 2.45) is 16.6 Å². The standard InChI is InChI=1S/C18H15BrF4N6O5/c19-10-3-9(16(25)31)5-13(29(33)34)14(10)27-7-18(22,23)17(20,21)6-26-11-2-1-8(15(24)30)4-12(11)28-32/h1-5,26-27H,6-7H2,(H2,24,30)(H2,25,31). The number of carbonyl (C=O) groups is 2. The summed E-state index contributed by atoms with van der Waals surface area (Å²) < 4.78 is 57.1. The van der Waals surface area contributed by atoms with Crippen LogP contribution in [0.4, 0.5) is 40.3 Å². The van der Waals surface area contributed by atoms with E-state index in [4.69, 9.17) is 11.5 Å². The van der Waals surface area contributed by atoms with Gasteiger partial charge in [0.1, 0.15) is 11.4 Å². The van der Waals surface area contributed by atoms with Crippen molar-refractivity contribution in [3.05, 3.63) is 61.0 Å². The predicted octanol–water partition coefficient (Wildman–Crippen LogP) is 3.75. The van der Waals surface area contributed by atoms with E-state index in [1.54, 1.807) is 0 Å². The first-order chi connectivity index (χ1) is 15.7. The number of anilines is 2. The topological polar surface area (TPSA) is 183 Å². The van der Waals surface area contributed by atoms with Gasteiger partial charge in [0.25, 0.3) is 5.69 Å². The van der Waals surface area contributed by atoms with E-state index >= 15 is 0 Å². The van der Waals surface area contributed by atoms with E-state index in [0.29, 0.717) is 6.07 Å². The first kappa shape index (κ1) is 26.4. The fourth-order valence-corrected chi connectivity index (χ4v) is 3.22. The number of nitrogens with zero attached hydrogens (tertiary/aromatic N) is 2. The van der Waals surface area contributed by atoms with Crippen LogP contribution in [0.15, 0.2) is 40.0 Å². The normalized spacial score (nSPS) is 11.6. The first-order valence-corrected chi connectivity index (χ1v) is 9.78. The van der Waals surface area contributed by atoms with Crippen molar-refractivity contribution >= 4 is 50.5 Å². The number of nitro benzene ring substituents is 1. The third-order valence-electron chi connectivity index (χ3n) is 4.45. The minimum atomic E-state index is -4.75. The Morgan fingerprint density at radius 1 is 1.00 bits per heavy atom. The number of halogens is 5. The fourth-order valence-electron chi connectivity index (χ4n) is 2.63. The lowest BCUT2D eigenvalue weighted by Crippen LogP contribution is -2.50. The summed E-state index contributed by atoms with van der Waals surface area (Å²) in [5, 5.41) is 17.6. The van der Waals surface area contributed by atoms with Crippen LogP contribution in [-0.4, -0.2) is 41.7 Å². The predicted molar refractivity (Wildman–Crippen MR) is 117 cm³/mol. The highest BCUT2D eigenvalue weighted by atomic mass is 79.9. The van der Waals surface area contributed by atoms with Crippen LogP contribution >= 0.6 is 15.9 Å². The maximum absolute atomic E-state index is 14.4. The summed E-state index contributed by atoms with van der Waals surface area (Å²) in [5.74, 6) is -11.4. The molecule has 0 atom stereocenters. The molecule has 0 bridgehead atoms. The van der Waals surface area contributed by atoms with E-state index in [1.165, 1.54) is 0 Å². The molecular formula is C18H15BrF4N6O5. The van der Waals surface area contributed by atoms with Gasteiger partial charge >= 0.3 is 11.8 Å². The van der Waals surface area contributed by atoms with Crippen LogP contribution in [0, 0.1) is 15.0 Å². The number of carbonyl (C=O) groups excluding carboxylic acids is 2. The second-order valence-electron chi connectivity index (χ2n) is 6.78. The zero-order valence-corrected chi connectivity index (χ0v) is 18.4. The lowest BCUT2D eigenvalue weighted by molar-refractivity contribution is -0.384. The summed E-state index contributed by atoms with van der Waals surface area (Å²) in [7, 11) is 0. The molecule has 16 heteroatoms. The summed E-state index contributed by atoms with van der Waals surface area (Å²) in [5.41, 5.74) is 7.32. The van der Waals surface area contributed by atoms with E-state index in [1.807, 2.05) is 10.6 Å². The van der Waals surface area contributed by atoms with Crippen molar-refractivity contribution in [2.75, 3.05) is 23.7 Å². The van der Waals surface area contributed by atoms with E-state index < -0.39 is 58.7 Å². The summed E-state index contributed by atoms with van der Waals surface area (Å²) in [6, 6.07) is 4.66. The Labute approximate surface area is 196 Å². The molecule has 0 fully saturated rings. The van der Waals surface area contributed by atoms with Gasteiger partial charge in [-0.25, -0.2) is 0 Å². The van der Waals surface area contributed by atoms with Crippen molar-refractivity contribution in [3.63, 3.8) is 0 Å². The molecule has 0 heterocycles. The molecule has 0 aliphatic heterocycles. The summed E-state index contributed by atoms with van der Waals surface area (Å²) in [4.78, 5) is 43.5. The van der Waals surface area contributed by atoms with Crippen LogP contribution in [0.5, 0.6) is 0 Å². The Morgan fingerprint density at radius 2 is 1.56 bits per heavy atom. The highest BCUT2D eigenvalue weighted by Gasteiger charge is 2.56. The number of benzene rings is 2. The number of nitrogens with two attached hydrogens (primary N) is 2. The Kier molecular flexibility index (Phi) is 7.76. The van der Waals surface area contributed by atoms with Gasteiger partial charge in [0.05, 0.1) is 23.7 Å². The van der Waals surface area contributed by atoms with Crippen molar-refractivity contribution in [1.82, 2.24) is 0 Å². The van der Waals surface area contributed by atoms with Crippen molar-refractivity contribution in [2.45, 2.75) is 11.8 Å². The number of primary amides is 2. The Balaban J connectivity index is 2.22. The van der Waals surface area contributed by atoms with Crippen molar-refractivity contribution in [3.8, 4) is 0 Å². The number of alkyl halides is 4. The van der Waals surface area contributed by atoms with Crippen LogP contribution in [-0.2, 0) is 0 Å². The lowest BCUT2D eigenvalue weighted by atomic mass is 10.1. The molecule has 0 unspecified atom stereocenters. The largest absolute Gasteiger partial charge is 0.377 e. The van der Waals surface area contributed by atoms with Gasteiger partial charge in [0, 0.05) is 21.7 Å². The number of nitroso groups, excluding NO2 is 1. The molecule has 0 spiro atoms. The molecule has 6 N–H and O–H groups in total. The molecular weight excluding hydrogens is 536 g/mol. The van der Waals surface area contributed by atoms with Crippen molar-refractivity contribution in [1.29, 1.82) is 0 Å². The molecule has 2 rings (SSSR count). The monoisotopic (exact) mass is 550 g/mol. The molecule has 34 heavy (non-hydrogen) atoms. The van der Waals surface area contributed by atoms with Gasteiger partial charge in [-0.15, -0.1) is 4.91 Å². The molecule has 2 aromatic rings. The molecule has 2 amide bonds. The lowest BCUT2D eigenvalue weighted by Gasteiger charge is -2.28. The second kappa shape index (κ2) is 9.98. The maximum Gasteiger partial charge on any atom is 0.328 e. The van der Waals surface area contributed by atoms with Gasteiger partial charge in [-0.05, 0) is 45.4 Å². The zero-order chi connectivity index (χ0) is 25.8. The van der Waals surface area contributed by atoms with E-state index in [9.17, 15) is 42.2 Å². The average molecular weight is 551 g/mol. The van der Waals surface area contributed by atoms with Gasteiger partial charge in [0.2, 0.25) is 11.8 Å². The first-order valence-electron chi connectivity index (χ1n) is 8.98. The number of amides is 2. The molecule has 0 aliphatic rings. The molecule has 0 aromatic heterocycles. The van der Waals surface area contributed by atoms with Gasteiger partial charge in [-0.1, -0.05) is 0 Å². The summed E-state index contributed by atoms with van der Waals surface area (Å²) in [6.45, 7) is -3.40. The third-order valence-corrected chi connectivity index (χ3v) is 5.08. The van der Waals surface area contributed by atoms with Crippen LogP contribution in [0.3, 0.4) is 0 Å². The molecule has 0 radical (unpaired) electrons. The minimum Gasteiger partial charge on any atom is -0.377 e. The van der Waals surface area contributed by atoms with E-state index in [-0.39, 0.29) is 21.3 Å². The Hall–Kier alpha value is -3.82. The van der Waals surface area contributed by atoms with Crippen molar-refractivity contribution < 1.29 is 32.1 Å². The number of hydrogen-bond acceptors (Lipinski definition) is 8. The summed E-state index contributed by atoms with van der Waals surface area (Å²) >= 11 is 2.85. The molecule has 0 saturated carbocycles. The van der Waals surface area contributed by atoms with Gasteiger partial charge < -0.3 is 22.1 Å². The zero-order valence-electron chi connectivity index (χ0n) is 16.8. The summed E-state index contributed by atoms with van der Waals surface area (Å²) in [6.07, 6.45) is 0. The van der Waals surface area contributed by atoms with Gasteiger partial charge in [-0.3, -0.25) is 19.7 Å². The molecule has 2 aromatic carbocycles. The van der Waals surface area contributed by atoms with Crippen LogP contribution < -0.4 is 22.1 Å². The SMILES string of the molecule is NC(=O)c1ccc(NCC(F)(F)C(F)(F)CNc2c(Br)cc(C(N)=O)cc2[N+](=O)[O-])c(N=O)c1. The molecule has 0 aliphatic carbocycles. The molecule has 182 valence electrons. The smallest absolute Gasteiger partial charge is 0.328 e. The number of hydrogen-bond donors (Lipinski definition) is 4. The van der Waals surface area contributed by atoms with E-state index in [2.05, 4.69) is 21.1 Å². The Morgan fingerprint density at radius 3 is 2.06 bits per heavy atom. The highest BCUT2D eigenvalue weighted by Crippen LogP contribution is 2.39. The fraction of sp³-hybridized carbons (Fsp3) is 0.222. The van der Waals surface area contributed by atoms with Gasteiger partial charge in [0.15, 0.2) is 0 Å². The van der Waals surface area contributed by atoms with Gasteiger partial charge in [-0.2, -0.15) is 17.6 Å².